The first-order valence-corrected chi connectivity index (χ1v) is 6.10. The van der Waals surface area contributed by atoms with E-state index in [-0.39, 0.29) is 0 Å². The van der Waals surface area contributed by atoms with E-state index in [4.69, 9.17) is 0 Å². The Labute approximate surface area is 91.9 Å². The largest absolute Gasteiger partial charge is 0.310 e. The van der Waals surface area contributed by atoms with Crippen LogP contribution in [-0.2, 0) is 12.0 Å². The van der Waals surface area contributed by atoms with Crippen LogP contribution in [0, 0.1) is 0 Å². The third kappa shape index (κ3) is 1.93. The summed E-state index contributed by atoms with van der Waals surface area (Å²) >= 11 is 0. The maximum atomic E-state index is 3.61. The number of benzene rings is 1. The van der Waals surface area contributed by atoms with E-state index in [1.807, 2.05) is 0 Å². The van der Waals surface area contributed by atoms with Gasteiger partial charge in [0.15, 0.2) is 0 Å². The van der Waals surface area contributed by atoms with Crippen LogP contribution < -0.4 is 5.32 Å². The van der Waals surface area contributed by atoms with E-state index in [0.717, 1.165) is 12.6 Å². The molecule has 0 aromatic heterocycles. The van der Waals surface area contributed by atoms with Crippen LogP contribution in [0.15, 0.2) is 24.3 Å². The topological polar surface area (TPSA) is 12.0 Å². The van der Waals surface area contributed by atoms with Gasteiger partial charge in [-0.25, -0.2) is 0 Å². The van der Waals surface area contributed by atoms with Gasteiger partial charge < -0.3 is 5.32 Å². The van der Waals surface area contributed by atoms with E-state index in [1.54, 1.807) is 5.56 Å². The molecule has 0 aliphatic heterocycles. The molecule has 2 saturated carbocycles. The van der Waals surface area contributed by atoms with E-state index >= 15 is 0 Å². The minimum Gasteiger partial charge on any atom is -0.310 e. The Hall–Kier alpha value is -0.820. The Morgan fingerprint density at radius 3 is 2.67 bits per heavy atom. The molecule has 1 heteroatoms. The first kappa shape index (κ1) is 9.41. The molecule has 0 heterocycles. The highest BCUT2D eigenvalue weighted by molar-refractivity contribution is 5.37. The summed E-state index contributed by atoms with van der Waals surface area (Å²) in [4.78, 5) is 0. The molecule has 2 aliphatic carbocycles. The zero-order valence-electron chi connectivity index (χ0n) is 9.42. The molecule has 1 aromatic carbocycles. The number of rotatable bonds is 4. The summed E-state index contributed by atoms with van der Waals surface area (Å²) < 4.78 is 0. The van der Waals surface area contributed by atoms with Gasteiger partial charge in [0.1, 0.15) is 0 Å². The zero-order chi connectivity index (χ0) is 10.3. The second-order valence-electron chi connectivity index (χ2n) is 5.37. The molecule has 0 atom stereocenters. The maximum Gasteiger partial charge on any atom is 0.0211 e. The van der Waals surface area contributed by atoms with Crippen molar-refractivity contribution in [3.8, 4) is 0 Å². The van der Waals surface area contributed by atoms with Gasteiger partial charge in [0.25, 0.3) is 0 Å². The Balaban J connectivity index is 1.78. The highest BCUT2D eigenvalue weighted by Crippen LogP contribution is 2.48. The van der Waals surface area contributed by atoms with E-state index in [0.29, 0.717) is 5.41 Å². The Kier molecular flexibility index (Phi) is 2.10. The van der Waals surface area contributed by atoms with Crippen LogP contribution in [0.25, 0.3) is 0 Å². The number of hydrogen-bond acceptors (Lipinski definition) is 1. The van der Waals surface area contributed by atoms with E-state index < -0.39 is 0 Å². The zero-order valence-corrected chi connectivity index (χ0v) is 9.42. The molecule has 2 fully saturated rings. The monoisotopic (exact) mass is 201 g/mol. The molecule has 0 bridgehead atoms. The van der Waals surface area contributed by atoms with Gasteiger partial charge in [0.05, 0.1) is 0 Å². The predicted octanol–water partition coefficient (Wildman–Crippen LogP) is 2.99. The van der Waals surface area contributed by atoms with Crippen molar-refractivity contribution in [2.45, 2.75) is 50.6 Å². The Bertz CT molecular complexity index is 361. The molecule has 0 unspecified atom stereocenters. The molecule has 0 radical (unpaired) electrons. The number of hydrogen-bond donors (Lipinski definition) is 1. The highest BCUT2D eigenvalue weighted by atomic mass is 14.9. The first-order chi connectivity index (χ1) is 7.28. The standard InChI is InChI=1S/C14H19N/c1-14(8-9-14)13-5-3-2-4-11(13)10-15-12-6-7-12/h2-5,12,15H,6-10H2,1H3. The lowest BCUT2D eigenvalue weighted by molar-refractivity contribution is 0.668. The second kappa shape index (κ2) is 3.34. The first-order valence-electron chi connectivity index (χ1n) is 6.10. The molecule has 1 N–H and O–H groups in total. The van der Waals surface area contributed by atoms with Crippen molar-refractivity contribution in [3.63, 3.8) is 0 Å². The molecule has 0 amide bonds. The fourth-order valence-electron chi connectivity index (χ4n) is 2.26. The molecule has 15 heavy (non-hydrogen) atoms. The molecule has 1 aromatic rings. The summed E-state index contributed by atoms with van der Waals surface area (Å²) in [6.07, 6.45) is 5.49. The van der Waals surface area contributed by atoms with Crippen molar-refractivity contribution in [3.05, 3.63) is 35.4 Å². The fourth-order valence-corrected chi connectivity index (χ4v) is 2.26. The molecule has 2 aliphatic rings. The van der Waals surface area contributed by atoms with Gasteiger partial charge in [0.2, 0.25) is 0 Å². The van der Waals surface area contributed by atoms with Crippen molar-refractivity contribution >= 4 is 0 Å². The minimum atomic E-state index is 0.502. The third-order valence-electron chi connectivity index (χ3n) is 3.83. The van der Waals surface area contributed by atoms with E-state index in [1.165, 1.54) is 31.2 Å². The van der Waals surface area contributed by atoms with Gasteiger partial charge in [-0.05, 0) is 42.2 Å². The average molecular weight is 201 g/mol. The molecule has 1 nitrogen and oxygen atoms in total. The van der Waals surface area contributed by atoms with Gasteiger partial charge in [-0.1, -0.05) is 31.2 Å². The molecular formula is C14H19N. The highest BCUT2D eigenvalue weighted by Gasteiger charge is 2.40. The van der Waals surface area contributed by atoms with Crippen molar-refractivity contribution in [1.29, 1.82) is 0 Å². The lowest BCUT2D eigenvalue weighted by Crippen LogP contribution is -2.18. The SMILES string of the molecule is CC1(c2ccccc2CNC2CC2)CC1. The summed E-state index contributed by atoms with van der Waals surface area (Å²) in [6.45, 7) is 3.46. The lowest BCUT2D eigenvalue weighted by Gasteiger charge is -2.15. The molecule has 0 spiro atoms. The second-order valence-corrected chi connectivity index (χ2v) is 5.37. The van der Waals surface area contributed by atoms with Crippen LogP contribution in [0.2, 0.25) is 0 Å². The normalized spacial score (nSPS) is 22.7. The average Bonchev–Trinajstić information content (AvgIpc) is 3.13. The summed E-state index contributed by atoms with van der Waals surface area (Å²) in [5, 5.41) is 3.61. The lowest BCUT2D eigenvalue weighted by atomic mass is 9.93. The van der Waals surface area contributed by atoms with Crippen molar-refractivity contribution in [2.24, 2.45) is 0 Å². The quantitative estimate of drug-likeness (QED) is 0.789. The summed E-state index contributed by atoms with van der Waals surface area (Å²) in [7, 11) is 0. The van der Waals surface area contributed by atoms with Gasteiger partial charge in [-0.3, -0.25) is 0 Å². The molecule has 0 saturated heterocycles. The third-order valence-corrected chi connectivity index (χ3v) is 3.83. The smallest absolute Gasteiger partial charge is 0.0211 e. The molecular weight excluding hydrogens is 182 g/mol. The molecule has 3 rings (SSSR count). The summed E-state index contributed by atoms with van der Waals surface area (Å²) in [5.41, 5.74) is 3.60. The van der Waals surface area contributed by atoms with Gasteiger partial charge in [-0.2, -0.15) is 0 Å². The van der Waals surface area contributed by atoms with Crippen LogP contribution in [-0.4, -0.2) is 6.04 Å². The van der Waals surface area contributed by atoms with E-state index in [9.17, 15) is 0 Å². The van der Waals surface area contributed by atoms with Gasteiger partial charge >= 0.3 is 0 Å². The molecule has 80 valence electrons. The number of nitrogens with one attached hydrogen (secondary N) is 1. The minimum absolute atomic E-state index is 0.502. The summed E-state index contributed by atoms with van der Waals surface area (Å²) in [6, 6.07) is 9.76. The predicted molar refractivity (Wildman–Crippen MR) is 62.9 cm³/mol. The van der Waals surface area contributed by atoms with Crippen LogP contribution in [0.4, 0.5) is 0 Å². The van der Waals surface area contributed by atoms with Crippen LogP contribution in [0.1, 0.15) is 43.7 Å². The van der Waals surface area contributed by atoms with E-state index in [2.05, 4.69) is 36.5 Å². The van der Waals surface area contributed by atoms with Crippen molar-refractivity contribution in [1.82, 2.24) is 5.32 Å². The van der Waals surface area contributed by atoms with Crippen molar-refractivity contribution < 1.29 is 0 Å². The van der Waals surface area contributed by atoms with Crippen LogP contribution in [0.5, 0.6) is 0 Å². The van der Waals surface area contributed by atoms with Crippen LogP contribution in [0.3, 0.4) is 0 Å². The fraction of sp³-hybridized carbons (Fsp3) is 0.571. The maximum absolute atomic E-state index is 3.61. The Morgan fingerprint density at radius 2 is 2.00 bits per heavy atom. The van der Waals surface area contributed by atoms with Gasteiger partial charge in [-0.15, -0.1) is 0 Å². The van der Waals surface area contributed by atoms with Crippen LogP contribution >= 0.6 is 0 Å². The summed E-state index contributed by atoms with van der Waals surface area (Å²) in [5.74, 6) is 0. The van der Waals surface area contributed by atoms with Gasteiger partial charge in [0, 0.05) is 12.6 Å². The van der Waals surface area contributed by atoms with Crippen molar-refractivity contribution in [2.75, 3.05) is 0 Å². The Morgan fingerprint density at radius 1 is 1.27 bits per heavy atom.